The molecule has 2 aliphatic carbocycles. The Bertz CT molecular complexity index is 409. The van der Waals surface area contributed by atoms with E-state index in [-0.39, 0.29) is 0 Å². The molecule has 3 nitrogen and oxygen atoms in total. The molecule has 3 heteroatoms. The predicted octanol–water partition coefficient (Wildman–Crippen LogP) is 4.21. The predicted molar refractivity (Wildman–Crippen MR) is 80.4 cm³/mol. The third kappa shape index (κ3) is 3.43. The smallest absolute Gasteiger partial charge is 0.150 e. The van der Waals surface area contributed by atoms with Gasteiger partial charge in [-0.15, -0.1) is 0 Å². The minimum Gasteiger partial charge on any atom is -0.360 e. The van der Waals surface area contributed by atoms with Crippen molar-refractivity contribution in [2.45, 2.75) is 77.3 Å². The summed E-state index contributed by atoms with van der Waals surface area (Å²) in [6, 6.07) is 2.74. The van der Waals surface area contributed by atoms with Gasteiger partial charge in [-0.2, -0.15) is 0 Å². The number of rotatable bonds is 4. The molecule has 0 saturated heterocycles. The van der Waals surface area contributed by atoms with Crippen LogP contribution in [0.15, 0.2) is 10.6 Å². The van der Waals surface area contributed by atoms with Gasteiger partial charge < -0.3 is 9.84 Å². The average molecular weight is 276 g/mol. The number of nitrogens with zero attached hydrogens (tertiary/aromatic N) is 1. The fraction of sp³-hybridized carbons (Fsp3) is 0.824. The third-order valence-electron chi connectivity index (χ3n) is 5.29. The minimum atomic E-state index is 0.692. The van der Waals surface area contributed by atoms with Crippen molar-refractivity contribution in [2.75, 3.05) is 0 Å². The van der Waals surface area contributed by atoms with Crippen LogP contribution in [-0.4, -0.2) is 11.2 Å². The van der Waals surface area contributed by atoms with E-state index in [1.807, 2.05) is 13.0 Å². The fourth-order valence-corrected chi connectivity index (χ4v) is 4.27. The lowest BCUT2D eigenvalue weighted by Crippen LogP contribution is -2.42. The Balaban J connectivity index is 1.57. The first-order valence-electron chi connectivity index (χ1n) is 8.48. The van der Waals surface area contributed by atoms with Crippen molar-refractivity contribution >= 4 is 0 Å². The normalized spacial score (nSPS) is 28.6. The van der Waals surface area contributed by atoms with E-state index < -0.39 is 0 Å². The van der Waals surface area contributed by atoms with Crippen molar-refractivity contribution in [3.8, 4) is 0 Å². The summed E-state index contributed by atoms with van der Waals surface area (Å²) in [6.07, 6.45) is 12.9. The van der Waals surface area contributed by atoms with Gasteiger partial charge in [0.25, 0.3) is 0 Å². The van der Waals surface area contributed by atoms with Crippen LogP contribution >= 0.6 is 0 Å². The van der Waals surface area contributed by atoms with Gasteiger partial charge in [-0.3, -0.25) is 0 Å². The standard InChI is InChI=1S/C17H28N2O/c1-13-11-15(20-19-13)12-18-17-10-6-5-9-16(17)14-7-3-2-4-8-14/h11,14,16-18H,2-10,12H2,1H3. The highest BCUT2D eigenvalue weighted by atomic mass is 16.5. The molecule has 0 aromatic carbocycles. The number of aromatic nitrogens is 1. The third-order valence-corrected chi connectivity index (χ3v) is 5.29. The lowest BCUT2D eigenvalue weighted by molar-refractivity contribution is 0.147. The summed E-state index contributed by atoms with van der Waals surface area (Å²) in [5, 5.41) is 7.74. The zero-order chi connectivity index (χ0) is 13.8. The summed E-state index contributed by atoms with van der Waals surface area (Å²) in [5.41, 5.74) is 0.981. The zero-order valence-electron chi connectivity index (χ0n) is 12.7. The van der Waals surface area contributed by atoms with Gasteiger partial charge in [0, 0.05) is 12.1 Å². The maximum absolute atomic E-state index is 5.32. The molecule has 0 bridgehead atoms. The van der Waals surface area contributed by atoms with E-state index in [1.54, 1.807) is 0 Å². The molecule has 0 radical (unpaired) electrons. The van der Waals surface area contributed by atoms with Gasteiger partial charge >= 0.3 is 0 Å². The number of nitrogens with one attached hydrogen (secondary N) is 1. The highest BCUT2D eigenvalue weighted by Gasteiger charge is 2.32. The first-order valence-corrected chi connectivity index (χ1v) is 8.48. The summed E-state index contributed by atoms with van der Waals surface area (Å²) in [6.45, 7) is 2.83. The van der Waals surface area contributed by atoms with Crippen LogP contribution in [0, 0.1) is 18.8 Å². The molecule has 1 aromatic heterocycles. The second-order valence-electron chi connectivity index (χ2n) is 6.77. The van der Waals surface area contributed by atoms with Crippen molar-refractivity contribution in [2.24, 2.45) is 11.8 Å². The SMILES string of the molecule is Cc1cc(CNC2CCCCC2C2CCCCC2)on1. The molecule has 2 atom stereocenters. The summed E-state index contributed by atoms with van der Waals surface area (Å²) < 4.78 is 5.32. The molecule has 112 valence electrons. The van der Waals surface area contributed by atoms with Crippen molar-refractivity contribution in [1.29, 1.82) is 0 Å². The van der Waals surface area contributed by atoms with E-state index in [1.165, 1.54) is 57.8 Å². The van der Waals surface area contributed by atoms with Gasteiger partial charge in [-0.05, 0) is 31.6 Å². The monoisotopic (exact) mass is 276 g/mol. The van der Waals surface area contributed by atoms with Crippen molar-refractivity contribution in [3.05, 3.63) is 17.5 Å². The summed E-state index contributed by atoms with van der Waals surface area (Å²) in [7, 11) is 0. The van der Waals surface area contributed by atoms with Crippen molar-refractivity contribution in [1.82, 2.24) is 10.5 Å². The van der Waals surface area contributed by atoms with Crippen LogP contribution in [-0.2, 0) is 6.54 Å². The van der Waals surface area contributed by atoms with E-state index in [4.69, 9.17) is 4.52 Å². The van der Waals surface area contributed by atoms with Crippen LogP contribution in [0.3, 0.4) is 0 Å². The molecule has 0 spiro atoms. The van der Waals surface area contributed by atoms with Gasteiger partial charge in [-0.1, -0.05) is 50.1 Å². The van der Waals surface area contributed by atoms with Crippen molar-refractivity contribution < 1.29 is 4.52 Å². The molecule has 2 aliphatic rings. The Morgan fingerprint density at radius 2 is 1.85 bits per heavy atom. The van der Waals surface area contributed by atoms with E-state index in [9.17, 15) is 0 Å². The number of hydrogen-bond donors (Lipinski definition) is 1. The topological polar surface area (TPSA) is 38.1 Å². The second kappa shape index (κ2) is 6.75. The van der Waals surface area contributed by atoms with E-state index in [2.05, 4.69) is 10.5 Å². The van der Waals surface area contributed by atoms with Crippen LogP contribution in [0.5, 0.6) is 0 Å². The maximum atomic E-state index is 5.32. The molecule has 0 aliphatic heterocycles. The largest absolute Gasteiger partial charge is 0.360 e. The lowest BCUT2D eigenvalue weighted by Gasteiger charge is -2.39. The minimum absolute atomic E-state index is 0.692. The highest BCUT2D eigenvalue weighted by Crippen LogP contribution is 2.38. The summed E-state index contributed by atoms with van der Waals surface area (Å²) in [4.78, 5) is 0. The molecule has 3 rings (SSSR count). The van der Waals surface area contributed by atoms with E-state index in [0.29, 0.717) is 6.04 Å². The molecule has 2 saturated carbocycles. The summed E-state index contributed by atoms with van der Waals surface area (Å²) in [5.74, 6) is 2.85. The quantitative estimate of drug-likeness (QED) is 0.895. The van der Waals surface area contributed by atoms with Crippen LogP contribution in [0.25, 0.3) is 0 Å². The molecule has 20 heavy (non-hydrogen) atoms. The van der Waals surface area contributed by atoms with Crippen LogP contribution in [0.2, 0.25) is 0 Å². The summed E-state index contributed by atoms with van der Waals surface area (Å²) >= 11 is 0. The number of hydrogen-bond acceptors (Lipinski definition) is 3. The molecule has 2 fully saturated rings. The first kappa shape index (κ1) is 14.1. The second-order valence-corrected chi connectivity index (χ2v) is 6.77. The average Bonchev–Trinajstić information content (AvgIpc) is 2.92. The van der Waals surface area contributed by atoms with Crippen LogP contribution in [0.4, 0.5) is 0 Å². The number of aryl methyl sites for hydroxylation is 1. The Hall–Kier alpha value is -0.830. The molecular formula is C17H28N2O. The molecule has 1 aromatic rings. The van der Waals surface area contributed by atoms with Crippen LogP contribution < -0.4 is 5.32 Å². The zero-order valence-corrected chi connectivity index (χ0v) is 12.7. The Morgan fingerprint density at radius 3 is 2.60 bits per heavy atom. The highest BCUT2D eigenvalue weighted by molar-refractivity contribution is 5.03. The van der Waals surface area contributed by atoms with E-state index in [0.717, 1.165) is 29.8 Å². The fourth-order valence-electron chi connectivity index (χ4n) is 4.27. The van der Waals surface area contributed by atoms with Crippen LogP contribution in [0.1, 0.15) is 69.2 Å². The molecule has 0 amide bonds. The van der Waals surface area contributed by atoms with E-state index >= 15 is 0 Å². The Kier molecular flexibility index (Phi) is 4.77. The molecular weight excluding hydrogens is 248 g/mol. The molecule has 1 heterocycles. The lowest BCUT2D eigenvalue weighted by atomic mass is 9.71. The molecule has 2 unspecified atom stereocenters. The maximum Gasteiger partial charge on any atom is 0.150 e. The molecule has 1 N–H and O–H groups in total. The Labute approximate surface area is 122 Å². The van der Waals surface area contributed by atoms with Gasteiger partial charge in [0.05, 0.1) is 12.2 Å². The van der Waals surface area contributed by atoms with Gasteiger partial charge in [0.2, 0.25) is 0 Å². The van der Waals surface area contributed by atoms with Gasteiger partial charge in [0.1, 0.15) is 0 Å². The Morgan fingerprint density at radius 1 is 1.10 bits per heavy atom. The van der Waals surface area contributed by atoms with Gasteiger partial charge in [0.15, 0.2) is 5.76 Å². The first-order chi connectivity index (χ1) is 9.83. The van der Waals surface area contributed by atoms with Gasteiger partial charge in [-0.25, -0.2) is 0 Å². The van der Waals surface area contributed by atoms with Crippen molar-refractivity contribution in [3.63, 3.8) is 0 Å².